The smallest absolute Gasteiger partial charge is 0.325 e. The first-order valence-corrected chi connectivity index (χ1v) is 11.2. The summed E-state index contributed by atoms with van der Waals surface area (Å²) in [6.45, 7) is 0.259. The number of benzene rings is 2. The van der Waals surface area contributed by atoms with E-state index in [0.717, 1.165) is 27.3 Å². The fourth-order valence-corrected chi connectivity index (χ4v) is 4.52. The highest BCUT2D eigenvalue weighted by Crippen LogP contribution is 2.41. The quantitative estimate of drug-likeness (QED) is 0.533. The lowest BCUT2D eigenvalue weighted by molar-refractivity contribution is -0.135. The molecule has 34 heavy (non-hydrogen) atoms. The number of urea groups is 1. The van der Waals surface area contributed by atoms with E-state index in [-0.39, 0.29) is 19.0 Å². The van der Waals surface area contributed by atoms with Crippen molar-refractivity contribution in [2.75, 3.05) is 6.54 Å². The molecule has 3 aromatic rings. The van der Waals surface area contributed by atoms with E-state index in [1.165, 1.54) is 0 Å². The number of amides is 4. The van der Waals surface area contributed by atoms with Crippen molar-refractivity contribution in [3.8, 4) is 5.75 Å². The number of nitrogens with zero attached hydrogens (tertiary/aromatic N) is 2. The number of fused-ring (bicyclic) bond motifs is 2. The zero-order valence-corrected chi connectivity index (χ0v) is 18.5. The van der Waals surface area contributed by atoms with Crippen molar-refractivity contribution in [3.05, 3.63) is 95.3 Å². The van der Waals surface area contributed by atoms with Crippen molar-refractivity contribution in [3.63, 3.8) is 0 Å². The van der Waals surface area contributed by atoms with Gasteiger partial charge in [-0.25, -0.2) is 4.79 Å². The maximum Gasteiger partial charge on any atom is 0.325 e. The minimum atomic E-state index is -1.06. The summed E-state index contributed by atoms with van der Waals surface area (Å²) in [5.74, 6) is -0.123. The molecule has 1 atom stereocenters. The molecule has 2 heterocycles. The summed E-state index contributed by atoms with van der Waals surface area (Å²) in [4.78, 5) is 43.6. The number of ether oxygens (including phenoxy) is 1. The second-order valence-corrected chi connectivity index (χ2v) is 8.42. The molecule has 8 nitrogen and oxygen atoms in total. The molecular formula is C26H24N4O4. The number of aromatic nitrogens is 1. The van der Waals surface area contributed by atoms with Gasteiger partial charge in [0, 0.05) is 12.7 Å². The van der Waals surface area contributed by atoms with Gasteiger partial charge in [0.25, 0.3) is 5.91 Å². The number of carbonyl (C=O) groups excluding carboxylic acids is 3. The molecule has 8 heteroatoms. The Morgan fingerprint density at radius 1 is 1.09 bits per heavy atom. The number of imide groups is 1. The third-order valence-electron chi connectivity index (χ3n) is 6.22. The monoisotopic (exact) mass is 456 g/mol. The summed E-state index contributed by atoms with van der Waals surface area (Å²) in [5, 5.41) is 5.62. The van der Waals surface area contributed by atoms with Crippen LogP contribution in [-0.4, -0.2) is 34.3 Å². The molecule has 1 aliphatic heterocycles. The van der Waals surface area contributed by atoms with Gasteiger partial charge < -0.3 is 15.4 Å². The third-order valence-corrected chi connectivity index (χ3v) is 6.22. The SMILES string of the molecule is O=C(CN1C(=O)NC2(CCc3ccccc32)C1=O)NCc1cccc(OCc2ccccn2)c1. The Balaban J connectivity index is 1.18. The van der Waals surface area contributed by atoms with Crippen molar-refractivity contribution in [1.29, 1.82) is 0 Å². The number of carbonyl (C=O) groups is 3. The van der Waals surface area contributed by atoms with Gasteiger partial charge in [-0.1, -0.05) is 42.5 Å². The van der Waals surface area contributed by atoms with Gasteiger partial charge in [0.05, 0.1) is 5.69 Å². The maximum atomic E-state index is 13.2. The Morgan fingerprint density at radius 2 is 1.94 bits per heavy atom. The minimum absolute atomic E-state index is 0.247. The number of rotatable bonds is 7. The first-order valence-electron chi connectivity index (χ1n) is 11.2. The van der Waals surface area contributed by atoms with E-state index >= 15 is 0 Å². The molecule has 4 amide bonds. The standard InChI is InChI=1S/C26H24N4O4/c31-23(28-15-18-6-5-9-21(14-18)34-17-20-8-3-4-13-27-20)16-30-24(32)26(29-25(30)33)12-11-19-7-1-2-10-22(19)26/h1-10,13-14H,11-12,15-17H2,(H,28,31)(H,29,33). The summed E-state index contributed by atoms with van der Waals surface area (Å²) < 4.78 is 5.78. The van der Waals surface area contributed by atoms with Crippen LogP contribution >= 0.6 is 0 Å². The zero-order chi connectivity index (χ0) is 23.5. The van der Waals surface area contributed by atoms with Gasteiger partial charge in [0.1, 0.15) is 24.4 Å². The second-order valence-electron chi connectivity index (χ2n) is 8.42. The molecule has 1 unspecified atom stereocenters. The van der Waals surface area contributed by atoms with Gasteiger partial charge in [-0.3, -0.25) is 19.5 Å². The molecule has 172 valence electrons. The van der Waals surface area contributed by atoms with E-state index in [1.54, 1.807) is 6.20 Å². The number of pyridine rings is 1. The molecule has 0 radical (unpaired) electrons. The van der Waals surface area contributed by atoms with Crippen LogP contribution in [0.4, 0.5) is 4.79 Å². The van der Waals surface area contributed by atoms with Crippen LogP contribution in [0.15, 0.2) is 72.9 Å². The lowest BCUT2D eigenvalue weighted by Gasteiger charge is -2.22. The topological polar surface area (TPSA) is 101 Å². The number of aryl methyl sites for hydroxylation is 1. The van der Waals surface area contributed by atoms with Crippen molar-refractivity contribution in [2.24, 2.45) is 0 Å². The van der Waals surface area contributed by atoms with Crippen LogP contribution in [0.1, 0.15) is 28.8 Å². The molecular weight excluding hydrogens is 432 g/mol. The molecule has 1 aliphatic carbocycles. The van der Waals surface area contributed by atoms with Crippen molar-refractivity contribution >= 4 is 17.8 Å². The first-order chi connectivity index (χ1) is 16.5. The van der Waals surface area contributed by atoms with Gasteiger partial charge in [-0.2, -0.15) is 0 Å². The number of nitrogens with one attached hydrogen (secondary N) is 2. The molecule has 2 N–H and O–H groups in total. The largest absolute Gasteiger partial charge is 0.487 e. The van der Waals surface area contributed by atoms with Gasteiger partial charge in [-0.15, -0.1) is 0 Å². The van der Waals surface area contributed by atoms with Crippen LogP contribution in [-0.2, 0) is 34.7 Å². The average Bonchev–Trinajstić information content (AvgIpc) is 3.35. The second kappa shape index (κ2) is 8.97. The summed E-state index contributed by atoms with van der Waals surface area (Å²) in [6, 6.07) is 20.1. The van der Waals surface area contributed by atoms with Gasteiger partial charge >= 0.3 is 6.03 Å². The van der Waals surface area contributed by atoms with E-state index in [1.807, 2.05) is 66.7 Å². The molecule has 5 rings (SSSR count). The molecule has 2 aliphatic rings. The Bertz CT molecular complexity index is 1250. The summed E-state index contributed by atoms with van der Waals surface area (Å²) >= 11 is 0. The Morgan fingerprint density at radius 3 is 2.79 bits per heavy atom. The average molecular weight is 457 g/mol. The van der Waals surface area contributed by atoms with Crippen LogP contribution in [0.2, 0.25) is 0 Å². The van der Waals surface area contributed by atoms with Crippen LogP contribution < -0.4 is 15.4 Å². The predicted molar refractivity (Wildman–Crippen MR) is 124 cm³/mol. The lowest BCUT2D eigenvalue weighted by Crippen LogP contribution is -2.43. The molecule has 1 fully saturated rings. The first kappa shape index (κ1) is 21.6. The van der Waals surface area contributed by atoms with Crippen LogP contribution in [0.25, 0.3) is 0 Å². The Labute approximate surface area is 196 Å². The highest BCUT2D eigenvalue weighted by molar-refractivity contribution is 6.09. The molecule has 1 saturated heterocycles. The lowest BCUT2D eigenvalue weighted by atomic mass is 9.92. The molecule has 0 saturated carbocycles. The van der Waals surface area contributed by atoms with Gasteiger partial charge in [-0.05, 0) is 53.8 Å². The Kier molecular flexibility index (Phi) is 5.71. The van der Waals surface area contributed by atoms with E-state index < -0.39 is 17.5 Å². The zero-order valence-electron chi connectivity index (χ0n) is 18.5. The van der Waals surface area contributed by atoms with E-state index in [0.29, 0.717) is 25.2 Å². The fraction of sp³-hybridized carbons (Fsp3) is 0.231. The third kappa shape index (κ3) is 4.10. The van der Waals surface area contributed by atoms with Crippen molar-refractivity contribution < 1.29 is 19.1 Å². The minimum Gasteiger partial charge on any atom is -0.487 e. The predicted octanol–water partition coefficient (Wildman–Crippen LogP) is 2.67. The van der Waals surface area contributed by atoms with E-state index in [9.17, 15) is 14.4 Å². The summed E-state index contributed by atoms with van der Waals surface area (Å²) in [5.41, 5.74) is 2.46. The molecule has 2 aromatic carbocycles. The van der Waals surface area contributed by atoms with E-state index in [2.05, 4.69) is 15.6 Å². The molecule has 1 spiro atoms. The summed E-state index contributed by atoms with van der Waals surface area (Å²) in [6.07, 6.45) is 2.92. The highest BCUT2D eigenvalue weighted by atomic mass is 16.5. The molecule has 1 aromatic heterocycles. The van der Waals surface area contributed by atoms with Crippen molar-refractivity contribution in [1.82, 2.24) is 20.5 Å². The van der Waals surface area contributed by atoms with Gasteiger partial charge in [0.2, 0.25) is 5.91 Å². The normalized spacial score (nSPS) is 18.6. The highest BCUT2D eigenvalue weighted by Gasteiger charge is 2.55. The van der Waals surface area contributed by atoms with Gasteiger partial charge in [0.15, 0.2) is 0 Å². The van der Waals surface area contributed by atoms with Crippen LogP contribution in [0.3, 0.4) is 0 Å². The maximum absolute atomic E-state index is 13.2. The van der Waals surface area contributed by atoms with Crippen molar-refractivity contribution in [2.45, 2.75) is 31.5 Å². The van der Waals surface area contributed by atoms with Crippen LogP contribution in [0, 0.1) is 0 Å². The van der Waals surface area contributed by atoms with Crippen LogP contribution in [0.5, 0.6) is 5.75 Å². The number of hydrogen-bond acceptors (Lipinski definition) is 5. The fourth-order valence-electron chi connectivity index (χ4n) is 4.52. The summed E-state index contributed by atoms with van der Waals surface area (Å²) in [7, 11) is 0. The molecule has 0 bridgehead atoms. The Hall–Kier alpha value is -4.20. The van der Waals surface area contributed by atoms with E-state index in [4.69, 9.17) is 4.74 Å². The number of hydrogen-bond donors (Lipinski definition) is 2.